The van der Waals surface area contributed by atoms with Crippen LogP contribution in [0.2, 0.25) is 0 Å². The largest absolute Gasteiger partial charge is 0.497 e. The van der Waals surface area contributed by atoms with Gasteiger partial charge in [-0.25, -0.2) is 0 Å². The summed E-state index contributed by atoms with van der Waals surface area (Å²) in [4.78, 5) is 11.9. The Morgan fingerprint density at radius 3 is 2.68 bits per heavy atom. The average Bonchev–Trinajstić information content (AvgIpc) is 3.11. The maximum absolute atomic E-state index is 11.9. The van der Waals surface area contributed by atoms with E-state index in [1.165, 1.54) is 0 Å². The van der Waals surface area contributed by atoms with E-state index in [1.54, 1.807) is 25.3 Å². The van der Waals surface area contributed by atoms with Crippen LogP contribution in [0.3, 0.4) is 0 Å². The lowest BCUT2D eigenvalue weighted by molar-refractivity contribution is -0.131. The molecule has 0 aliphatic heterocycles. The number of carbonyl (C=O) groups is 1. The fourth-order valence-corrected chi connectivity index (χ4v) is 2.57. The highest BCUT2D eigenvalue weighted by molar-refractivity contribution is 7.99. The Morgan fingerprint density at radius 1 is 1.12 bits per heavy atom. The van der Waals surface area contributed by atoms with E-state index in [2.05, 4.69) is 10.2 Å². The minimum atomic E-state index is -0.380. The molecule has 0 saturated heterocycles. The summed E-state index contributed by atoms with van der Waals surface area (Å²) in [6.45, 7) is 1.97. The first kappa shape index (κ1) is 17.0. The number of methoxy groups -OCH3 is 1. The molecule has 0 aliphatic carbocycles. The van der Waals surface area contributed by atoms with E-state index < -0.39 is 0 Å². The van der Waals surface area contributed by atoms with Crippen molar-refractivity contribution in [1.29, 1.82) is 0 Å². The Hall–Kier alpha value is -2.80. The summed E-state index contributed by atoms with van der Waals surface area (Å²) in [7, 11) is 1.59. The van der Waals surface area contributed by atoms with Crippen molar-refractivity contribution in [1.82, 2.24) is 10.2 Å². The second-order valence-corrected chi connectivity index (χ2v) is 6.11. The van der Waals surface area contributed by atoms with Gasteiger partial charge in [0.2, 0.25) is 5.89 Å². The molecule has 7 heteroatoms. The van der Waals surface area contributed by atoms with Crippen LogP contribution in [0, 0.1) is 6.92 Å². The van der Waals surface area contributed by atoms with E-state index in [4.69, 9.17) is 13.9 Å². The van der Waals surface area contributed by atoms with Crippen molar-refractivity contribution in [3.05, 3.63) is 54.1 Å². The molecule has 0 spiro atoms. The molecular formula is C18H16N2O4S. The number of benzene rings is 2. The molecule has 25 heavy (non-hydrogen) atoms. The van der Waals surface area contributed by atoms with Crippen molar-refractivity contribution in [2.75, 3.05) is 12.9 Å². The first-order valence-electron chi connectivity index (χ1n) is 7.52. The average molecular weight is 356 g/mol. The molecule has 2 aromatic carbocycles. The molecule has 128 valence electrons. The number of aromatic nitrogens is 2. The highest BCUT2D eigenvalue weighted by atomic mass is 32.2. The summed E-state index contributed by atoms with van der Waals surface area (Å²) in [5.74, 6) is 1.28. The lowest BCUT2D eigenvalue weighted by Gasteiger charge is -2.03. The summed E-state index contributed by atoms with van der Waals surface area (Å²) in [6.07, 6.45) is 0. The molecule has 0 aliphatic rings. The molecule has 0 saturated carbocycles. The highest BCUT2D eigenvalue weighted by Gasteiger charge is 2.13. The number of rotatable bonds is 6. The van der Waals surface area contributed by atoms with E-state index in [0.717, 1.165) is 22.9 Å². The zero-order valence-electron chi connectivity index (χ0n) is 13.8. The van der Waals surface area contributed by atoms with E-state index in [0.29, 0.717) is 22.6 Å². The van der Waals surface area contributed by atoms with Gasteiger partial charge in [-0.3, -0.25) is 4.79 Å². The van der Waals surface area contributed by atoms with Gasteiger partial charge in [0.15, 0.2) is 0 Å². The number of ether oxygens (including phenoxy) is 2. The van der Waals surface area contributed by atoms with E-state index in [-0.39, 0.29) is 11.7 Å². The summed E-state index contributed by atoms with van der Waals surface area (Å²) in [6, 6.07) is 14.6. The fourth-order valence-electron chi connectivity index (χ4n) is 2.03. The molecule has 0 atom stereocenters. The van der Waals surface area contributed by atoms with E-state index in [1.807, 2.05) is 37.3 Å². The second-order valence-electron chi connectivity index (χ2n) is 5.18. The summed E-state index contributed by atoms with van der Waals surface area (Å²) >= 11 is 1.13. The molecular weight excluding hydrogens is 340 g/mol. The lowest BCUT2D eigenvalue weighted by atomic mass is 10.2. The molecule has 0 N–H and O–H groups in total. The zero-order valence-corrected chi connectivity index (χ0v) is 14.6. The van der Waals surface area contributed by atoms with Gasteiger partial charge in [0.05, 0.1) is 7.11 Å². The minimum Gasteiger partial charge on any atom is -0.497 e. The van der Waals surface area contributed by atoms with Crippen LogP contribution < -0.4 is 9.47 Å². The van der Waals surface area contributed by atoms with Crippen molar-refractivity contribution in [2.24, 2.45) is 0 Å². The van der Waals surface area contributed by atoms with Crippen molar-refractivity contribution >= 4 is 17.7 Å². The molecule has 1 heterocycles. The molecule has 1 aromatic heterocycles. The fraction of sp³-hybridized carbons (Fsp3) is 0.167. The minimum absolute atomic E-state index is 0.0770. The Balaban J connectivity index is 1.57. The third-order valence-electron chi connectivity index (χ3n) is 3.29. The molecule has 0 radical (unpaired) electrons. The summed E-state index contributed by atoms with van der Waals surface area (Å²) < 4.78 is 16.0. The van der Waals surface area contributed by atoms with Crippen LogP contribution in [0.5, 0.6) is 11.5 Å². The third kappa shape index (κ3) is 4.60. The van der Waals surface area contributed by atoms with Crippen LogP contribution >= 0.6 is 11.8 Å². The van der Waals surface area contributed by atoms with E-state index in [9.17, 15) is 4.79 Å². The topological polar surface area (TPSA) is 74.5 Å². The first-order valence-corrected chi connectivity index (χ1v) is 8.50. The van der Waals surface area contributed by atoms with E-state index >= 15 is 0 Å². The number of thioether (sulfide) groups is 1. The molecule has 0 bridgehead atoms. The zero-order chi connectivity index (χ0) is 17.6. The predicted molar refractivity (Wildman–Crippen MR) is 93.8 cm³/mol. The number of hydrogen-bond donors (Lipinski definition) is 0. The Bertz CT molecular complexity index is 862. The van der Waals surface area contributed by atoms with Crippen LogP contribution in [0.1, 0.15) is 5.56 Å². The smallest absolute Gasteiger partial charge is 0.321 e. The Kier molecular flexibility index (Phi) is 5.35. The second kappa shape index (κ2) is 7.85. The quantitative estimate of drug-likeness (QED) is 0.378. The Morgan fingerprint density at radius 2 is 1.92 bits per heavy atom. The van der Waals surface area contributed by atoms with Gasteiger partial charge in [0, 0.05) is 5.56 Å². The van der Waals surface area contributed by atoms with Crippen LogP contribution in [0.15, 0.2) is 58.2 Å². The van der Waals surface area contributed by atoms with Gasteiger partial charge in [0.25, 0.3) is 5.22 Å². The van der Waals surface area contributed by atoms with Crippen LogP contribution in [0.4, 0.5) is 0 Å². The van der Waals surface area contributed by atoms with Gasteiger partial charge in [-0.15, -0.1) is 10.2 Å². The first-order chi connectivity index (χ1) is 12.1. The van der Waals surface area contributed by atoms with Gasteiger partial charge >= 0.3 is 5.97 Å². The third-order valence-corrected chi connectivity index (χ3v) is 4.08. The molecule has 0 unspecified atom stereocenters. The van der Waals surface area contributed by atoms with Crippen LogP contribution in [0.25, 0.3) is 11.5 Å². The number of aryl methyl sites for hydroxylation is 1. The maximum Gasteiger partial charge on any atom is 0.321 e. The highest BCUT2D eigenvalue weighted by Crippen LogP contribution is 2.26. The van der Waals surface area contributed by atoms with Gasteiger partial charge in [-0.1, -0.05) is 35.5 Å². The molecule has 0 amide bonds. The van der Waals surface area contributed by atoms with Crippen molar-refractivity contribution in [3.8, 4) is 23.0 Å². The number of nitrogens with zero attached hydrogens (tertiary/aromatic N) is 2. The standard InChI is InChI=1S/C18H16N2O4S/c1-12-6-8-14(9-7-12)23-16(21)11-25-18-20-19-17(24-18)13-4-3-5-15(10-13)22-2/h3-10H,11H2,1-2H3. The van der Waals surface area contributed by atoms with Crippen molar-refractivity contribution in [3.63, 3.8) is 0 Å². The van der Waals surface area contributed by atoms with Crippen LogP contribution in [-0.2, 0) is 4.79 Å². The van der Waals surface area contributed by atoms with Gasteiger partial charge in [-0.05, 0) is 37.3 Å². The number of esters is 1. The van der Waals surface area contributed by atoms with Crippen LogP contribution in [-0.4, -0.2) is 29.0 Å². The molecule has 6 nitrogen and oxygen atoms in total. The molecule has 0 fully saturated rings. The van der Waals surface area contributed by atoms with Gasteiger partial charge in [0.1, 0.15) is 17.3 Å². The monoisotopic (exact) mass is 356 g/mol. The molecule has 3 aromatic rings. The lowest BCUT2D eigenvalue weighted by Crippen LogP contribution is -2.10. The number of carbonyl (C=O) groups excluding carboxylic acids is 1. The predicted octanol–water partition coefficient (Wildman–Crippen LogP) is 3.75. The number of hydrogen-bond acceptors (Lipinski definition) is 7. The maximum atomic E-state index is 11.9. The van der Waals surface area contributed by atoms with Gasteiger partial charge in [-0.2, -0.15) is 0 Å². The Labute approximate surface area is 149 Å². The SMILES string of the molecule is COc1cccc(-c2nnc(SCC(=O)Oc3ccc(C)cc3)o2)c1. The van der Waals surface area contributed by atoms with Crippen molar-refractivity contribution < 1.29 is 18.7 Å². The summed E-state index contributed by atoms with van der Waals surface area (Å²) in [5, 5.41) is 8.23. The summed E-state index contributed by atoms with van der Waals surface area (Å²) in [5.41, 5.74) is 1.85. The van der Waals surface area contributed by atoms with Crippen molar-refractivity contribution in [2.45, 2.75) is 12.1 Å². The van der Waals surface area contributed by atoms with Gasteiger partial charge < -0.3 is 13.9 Å². The normalized spacial score (nSPS) is 10.5. The molecule has 3 rings (SSSR count).